The molecule has 228 valence electrons. The Bertz CT molecular complexity index is 1830. The molecule has 0 radical (unpaired) electrons. The van der Waals surface area contributed by atoms with Crippen LogP contribution in [0, 0.1) is 30.6 Å². The zero-order valence-corrected chi connectivity index (χ0v) is 24.9. The number of hydrazine groups is 1. The topological polar surface area (TPSA) is 150 Å². The van der Waals surface area contributed by atoms with Crippen molar-refractivity contribution >= 4 is 46.9 Å². The van der Waals surface area contributed by atoms with Crippen LogP contribution in [-0.4, -0.2) is 44.7 Å². The first-order valence-corrected chi connectivity index (χ1v) is 15.1. The van der Waals surface area contributed by atoms with Crippen molar-refractivity contribution in [2.75, 3.05) is 5.43 Å². The number of primary amides is 1. The highest BCUT2D eigenvalue weighted by molar-refractivity contribution is 6.31. The fourth-order valence-corrected chi connectivity index (χ4v) is 8.34. The van der Waals surface area contributed by atoms with Gasteiger partial charge >= 0.3 is 6.03 Å². The van der Waals surface area contributed by atoms with Crippen molar-refractivity contribution in [3.8, 4) is 5.75 Å². The first-order valence-electron chi connectivity index (χ1n) is 14.7. The van der Waals surface area contributed by atoms with Crippen molar-refractivity contribution in [1.82, 2.24) is 9.91 Å². The minimum Gasteiger partial charge on any atom is -0.508 e. The number of nitrogens with two attached hydrogens (primary N) is 1. The molecule has 2 aliphatic carbocycles. The van der Waals surface area contributed by atoms with Crippen LogP contribution in [0.3, 0.4) is 0 Å². The van der Waals surface area contributed by atoms with Gasteiger partial charge in [0.2, 0.25) is 11.8 Å². The second-order valence-electron chi connectivity index (χ2n) is 12.1. The third kappa shape index (κ3) is 4.05. The van der Waals surface area contributed by atoms with Gasteiger partial charge < -0.3 is 10.8 Å². The summed E-state index contributed by atoms with van der Waals surface area (Å²) in [5.41, 5.74) is 10.3. The molecule has 0 aromatic heterocycles. The van der Waals surface area contributed by atoms with E-state index in [1.165, 1.54) is 12.1 Å². The summed E-state index contributed by atoms with van der Waals surface area (Å²) in [7, 11) is 0. The number of benzene rings is 3. The summed E-state index contributed by atoms with van der Waals surface area (Å²) in [5.74, 6) is -6.71. The number of amides is 6. The predicted molar refractivity (Wildman–Crippen MR) is 163 cm³/mol. The van der Waals surface area contributed by atoms with Crippen LogP contribution >= 0.6 is 11.6 Å². The Hall–Kier alpha value is -4.96. The zero-order chi connectivity index (χ0) is 31.8. The maximum absolute atomic E-state index is 15.0. The number of halogens is 1. The van der Waals surface area contributed by atoms with Gasteiger partial charge in [-0.3, -0.25) is 24.6 Å². The molecule has 3 aromatic carbocycles. The third-order valence-corrected chi connectivity index (χ3v) is 10.2. The highest BCUT2D eigenvalue weighted by Gasteiger charge is 2.70. The number of anilines is 1. The molecule has 4 N–H and O–H groups in total. The number of carbonyl (C=O) groups excluding carboxylic acids is 5. The second-order valence-corrected chi connectivity index (χ2v) is 12.6. The number of fused-ring (bicyclic) bond motifs is 4. The highest BCUT2D eigenvalue weighted by atomic mass is 35.5. The van der Waals surface area contributed by atoms with Gasteiger partial charge in [-0.2, -0.15) is 9.91 Å². The Morgan fingerprint density at radius 3 is 2.33 bits per heavy atom. The average molecular weight is 625 g/mol. The molecule has 45 heavy (non-hydrogen) atoms. The Kier molecular flexibility index (Phi) is 6.59. The summed E-state index contributed by atoms with van der Waals surface area (Å²) < 4.78 is 0. The lowest BCUT2D eigenvalue weighted by Gasteiger charge is -2.50. The molecule has 7 rings (SSSR count). The first kappa shape index (κ1) is 28.8. The molecule has 6 unspecified atom stereocenters. The highest BCUT2D eigenvalue weighted by Crippen LogP contribution is 2.64. The van der Waals surface area contributed by atoms with E-state index in [1.54, 1.807) is 42.5 Å². The van der Waals surface area contributed by atoms with Crippen LogP contribution in [0.15, 0.2) is 84.4 Å². The van der Waals surface area contributed by atoms with E-state index in [4.69, 9.17) is 17.3 Å². The van der Waals surface area contributed by atoms with Crippen molar-refractivity contribution in [2.45, 2.75) is 31.1 Å². The number of aromatic hydroxyl groups is 1. The molecule has 2 heterocycles. The quantitative estimate of drug-likeness (QED) is 0.287. The fraction of sp³-hybridized carbons (Fsp3) is 0.265. The van der Waals surface area contributed by atoms with E-state index in [9.17, 15) is 29.1 Å². The van der Waals surface area contributed by atoms with E-state index >= 15 is 0 Å². The van der Waals surface area contributed by atoms with Gasteiger partial charge in [0, 0.05) is 10.9 Å². The molecule has 2 saturated heterocycles. The van der Waals surface area contributed by atoms with E-state index in [-0.39, 0.29) is 23.6 Å². The molecule has 6 amide bonds. The van der Waals surface area contributed by atoms with E-state index < -0.39 is 64.7 Å². The Labute approximate surface area is 263 Å². The third-order valence-electron chi connectivity index (χ3n) is 9.91. The molecule has 3 fully saturated rings. The molecule has 4 aliphatic rings. The maximum atomic E-state index is 15.0. The number of phenolic OH excluding ortho intramolecular Hbond substituents is 1. The standard InChI is InChI=1S/C34H29ClN4O6/c1-17-7-9-19(10-8-17)37-39-30(42)25-16-24-21(13-14-23-27(24)31(43)38(29(23)41)33(36)45)28(22-12-11-20(40)15-26(22)35)34(25,32(39)44)18-5-3-2-4-6-18/h2-13,15,23-25,27-28,37,40H,14,16H2,1H3,(H2,36,45). The van der Waals surface area contributed by atoms with Gasteiger partial charge in [-0.1, -0.05) is 77.3 Å². The minimum atomic E-state index is -1.50. The van der Waals surface area contributed by atoms with E-state index in [2.05, 4.69) is 5.43 Å². The van der Waals surface area contributed by atoms with Crippen LogP contribution in [0.25, 0.3) is 0 Å². The maximum Gasteiger partial charge on any atom is 0.328 e. The summed E-state index contributed by atoms with van der Waals surface area (Å²) in [6.45, 7) is 1.93. The summed E-state index contributed by atoms with van der Waals surface area (Å²) in [5, 5.41) is 11.5. The number of rotatable bonds is 4. The van der Waals surface area contributed by atoms with Crippen LogP contribution in [0.5, 0.6) is 5.75 Å². The van der Waals surface area contributed by atoms with Gasteiger partial charge in [-0.25, -0.2) is 4.79 Å². The molecular formula is C34H29ClN4O6. The monoisotopic (exact) mass is 624 g/mol. The van der Waals surface area contributed by atoms with Gasteiger partial charge in [-0.15, -0.1) is 0 Å². The molecule has 6 atom stereocenters. The lowest BCUT2D eigenvalue weighted by Crippen LogP contribution is -2.53. The van der Waals surface area contributed by atoms with Gasteiger partial charge in [0.25, 0.3) is 11.8 Å². The first-order chi connectivity index (χ1) is 21.5. The van der Waals surface area contributed by atoms with E-state index in [0.717, 1.165) is 10.6 Å². The Balaban J connectivity index is 1.47. The smallest absolute Gasteiger partial charge is 0.328 e. The fourth-order valence-electron chi connectivity index (χ4n) is 8.06. The number of carbonyl (C=O) groups is 5. The van der Waals surface area contributed by atoms with Crippen LogP contribution in [0.1, 0.15) is 35.4 Å². The Morgan fingerprint density at radius 2 is 1.67 bits per heavy atom. The van der Waals surface area contributed by atoms with Crippen molar-refractivity contribution in [3.05, 3.63) is 106 Å². The van der Waals surface area contributed by atoms with E-state index in [0.29, 0.717) is 27.3 Å². The van der Waals surface area contributed by atoms with Gasteiger partial charge in [0.1, 0.15) is 5.75 Å². The number of nitrogens with one attached hydrogen (secondary N) is 1. The largest absolute Gasteiger partial charge is 0.508 e. The van der Waals surface area contributed by atoms with Crippen LogP contribution in [0.2, 0.25) is 5.02 Å². The molecule has 10 nitrogen and oxygen atoms in total. The number of urea groups is 1. The summed E-state index contributed by atoms with van der Waals surface area (Å²) in [6.07, 6.45) is 2.06. The summed E-state index contributed by atoms with van der Waals surface area (Å²) >= 11 is 6.82. The number of hydrogen-bond acceptors (Lipinski definition) is 7. The van der Waals surface area contributed by atoms with Crippen LogP contribution < -0.4 is 11.2 Å². The Morgan fingerprint density at radius 1 is 0.956 bits per heavy atom. The second kappa shape index (κ2) is 10.3. The van der Waals surface area contributed by atoms with Crippen molar-refractivity contribution in [3.63, 3.8) is 0 Å². The number of imide groups is 4. The molecular weight excluding hydrogens is 596 g/mol. The zero-order valence-electron chi connectivity index (χ0n) is 24.1. The molecule has 1 saturated carbocycles. The lowest BCUT2D eigenvalue weighted by atomic mass is 9.49. The molecule has 0 bridgehead atoms. The van der Waals surface area contributed by atoms with E-state index in [1.807, 2.05) is 31.2 Å². The van der Waals surface area contributed by atoms with Crippen molar-refractivity contribution in [2.24, 2.45) is 29.4 Å². The number of allylic oxidation sites excluding steroid dienone is 2. The average Bonchev–Trinajstić information content (AvgIpc) is 3.40. The minimum absolute atomic E-state index is 0.0658. The van der Waals surface area contributed by atoms with Gasteiger partial charge in [0.05, 0.1) is 28.9 Å². The number of hydrogen-bond donors (Lipinski definition) is 3. The SMILES string of the molecule is Cc1ccc(NN2C(=O)C3CC4C(=CCC5C(=O)N(C(N)=O)C(=O)C54)C(c4ccc(O)cc4Cl)C3(c3ccccc3)C2=O)cc1. The summed E-state index contributed by atoms with van der Waals surface area (Å²) in [6, 6.07) is 19.6. The van der Waals surface area contributed by atoms with Gasteiger partial charge in [-0.05, 0) is 61.1 Å². The normalized spacial score (nSPS) is 28.8. The van der Waals surface area contributed by atoms with Crippen molar-refractivity contribution < 1.29 is 29.1 Å². The number of nitrogens with zero attached hydrogens (tertiary/aromatic N) is 2. The van der Waals surface area contributed by atoms with Crippen LogP contribution in [-0.2, 0) is 24.6 Å². The predicted octanol–water partition coefficient (Wildman–Crippen LogP) is 4.42. The van der Waals surface area contributed by atoms with Crippen LogP contribution in [0.4, 0.5) is 10.5 Å². The number of likely N-dealkylation sites (tertiary alicyclic amines) is 1. The lowest BCUT2D eigenvalue weighted by molar-refractivity contribution is -0.139. The molecule has 2 aliphatic heterocycles. The van der Waals surface area contributed by atoms with Crippen molar-refractivity contribution in [1.29, 1.82) is 0 Å². The molecule has 11 heteroatoms. The summed E-state index contributed by atoms with van der Waals surface area (Å²) in [4.78, 5) is 69.1. The number of phenols is 1. The number of aryl methyl sites for hydroxylation is 1. The molecule has 3 aromatic rings. The van der Waals surface area contributed by atoms with Gasteiger partial charge in [0.15, 0.2) is 0 Å². The molecule has 0 spiro atoms.